The number of alkyl carbamates (subject to hydrolysis) is 1. The van der Waals surface area contributed by atoms with Gasteiger partial charge >= 0.3 is 12.2 Å². The molecule has 0 unspecified atom stereocenters. The number of benzene rings is 3. The minimum absolute atomic E-state index is 0.0773. The predicted octanol–water partition coefficient (Wildman–Crippen LogP) is 8.91. The van der Waals surface area contributed by atoms with E-state index in [1.807, 2.05) is 51.8 Å². The van der Waals surface area contributed by atoms with E-state index < -0.39 is 17.7 Å². The van der Waals surface area contributed by atoms with Crippen molar-refractivity contribution in [2.45, 2.75) is 103 Å². The van der Waals surface area contributed by atoms with Gasteiger partial charge in [-0.2, -0.15) is 0 Å². The molecule has 6 atom stereocenters. The van der Waals surface area contributed by atoms with Crippen molar-refractivity contribution in [3.63, 3.8) is 0 Å². The number of hydrogen-bond donors (Lipinski definition) is 3. The van der Waals surface area contributed by atoms with Gasteiger partial charge in [-0.3, -0.25) is 9.69 Å². The molecule has 56 heavy (non-hydrogen) atoms. The number of carbonyl (C=O) groups is 3. The molecule has 0 radical (unpaired) electrons. The van der Waals surface area contributed by atoms with Crippen LogP contribution in [0.1, 0.15) is 97.4 Å². The lowest BCUT2D eigenvalue weighted by Gasteiger charge is -2.33. The molecule has 3 fully saturated rings. The Kier molecular flexibility index (Phi) is 9.78. The summed E-state index contributed by atoms with van der Waals surface area (Å²) in [6, 6.07) is 18.3. The first kappa shape index (κ1) is 37.5. The van der Waals surface area contributed by atoms with Crippen molar-refractivity contribution >= 4 is 39.9 Å². The maximum Gasteiger partial charge on any atom is 0.410 e. The van der Waals surface area contributed by atoms with Crippen molar-refractivity contribution < 1.29 is 23.9 Å². The molecular formula is C44H53N7O5. The Morgan fingerprint density at radius 1 is 0.893 bits per heavy atom. The van der Waals surface area contributed by atoms with Gasteiger partial charge < -0.3 is 29.7 Å². The van der Waals surface area contributed by atoms with Crippen molar-refractivity contribution in [1.29, 1.82) is 0 Å². The van der Waals surface area contributed by atoms with Crippen LogP contribution in [0.25, 0.3) is 44.2 Å². The highest BCUT2D eigenvalue weighted by molar-refractivity contribution is 5.92. The molecule has 3 aliphatic rings. The summed E-state index contributed by atoms with van der Waals surface area (Å²) in [5, 5.41) is 5.01. The molecule has 3 amide bonds. The smallest absolute Gasteiger partial charge is 0.410 e. The Morgan fingerprint density at radius 3 is 2.34 bits per heavy atom. The molecule has 3 N–H and O–H groups in total. The maximum absolute atomic E-state index is 14.2. The number of aromatic nitrogens is 4. The van der Waals surface area contributed by atoms with Gasteiger partial charge in [-0.25, -0.2) is 19.6 Å². The Bertz CT molecular complexity index is 2290. The molecule has 2 saturated heterocycles. The van der Waals surface area contributed by atoms with E-state index in [2.05, 4.69) is 70.7 Å². The second-order valence-electron chi connectivity index (χ2n) is 17.4. The van der Waals surface area contributed by atoms with E-state index >= 15 is 0 Å². The minimum atomic E-state index is -0.682. The molecule has 2 aliphatic heterocycles. The van der Waals surface area contributed by atoms with E-state index in [1.165, 1.54) is 7.11 Å². The largest absolute Gasteiger partial charge is 0.453 e. The van der Waals surface area contributed by atoms with Crippen LogP contribution in [0.5, 0.6) is 0 Å². The molecule has 294 valence electrons. The number of H-pyrrole nitrogens is 2. The normalized spacial score (nSPS) is 22.9. The average Bonchev–Trinajstić information content (AvgIpc) is 4.00. The van der Waals surface area contributed by atoms with Gasteiger partial charge in [0.05, 0.1) is 42.1 Å². The lowest BCUT2D eigenvalue weighted by molar-refractivity contribution is -0.137. The van der Waals surface area contributed by atoms with Crippen LogP contribution in [-0.4, -0.2) is 79.2 Å². The van der Waals surface area contributed by atoms with Crippen molar-refractivity contribution in [3.05, 3.63) is 72.4 Å². The number of fused-ring (bicyclic) bond motifs is 3. The molecule has 0 spiro atoms. The summed E-state index contributed by atoms with van der Waals surface area (Å²) in [4.78, 5) is 60.1. The monoisotopic (exact) mass is 759 g/mol. The fourth-order valence-electron chi connectivity index (χ4n) is 9.15. The zero-order chi connectivity index (χ0) is 39.5. The van der Waals surface area contributed by atoms with Gasteiger partial charge in [0.2, 0.25) is 5.91 Å². The summed E-state index contributed by atoms with van der Waals surface area (Å²) in [5.41, 5.74) is 5.29. The van der Waals surface area contributed by atoms with Crippen molar-refractivity contribution in [1.82, 2.24) is 35.1 Å². The van der Waals surface area contributed by atoms with E-state index in [0.717, 1.165) is 87.9 Å². The van der Waals surface area contributed by atoms with E-state index in [9.17, 15) is 14.4 Å². The van der Waals surface area contributed by atoms with Crippen molar-refractivity contribution in [3.8, 4) is 22.4 Å². The number of nitrogens with one attached hydrogen (secondary N) is 3. The molecule has 8 rings (SSSR count). The topological polar surface area (TPSA) is 146 Å². The highest BCUT2D eigenvalue weighted by Gasteiger charge is 2.49. The molecule has 12 heteroatoms. The fourth-order valence-corrected chi connectivity index (χ4v) is 9.15. The first-order valence-electron chi connectivity index (χ1n) is 20.0. The average molecular weight is 760 g/mol. The Hall–Kier alpha value is -5.39. The summed E-state index contributed by atoms with van der Waals surface area (Å²) in [5.74, 6) is 2.14. The van der Waals surface area contributed by atoms with Crippen LogP contribution in [-0.2, 0) is 14.3 Å². The lowest BCUT2D eigenvalue weighted by atomic mass is 9.99. The molecule has 1 saturated carbocycles. The second kappa shape index (κ2) is 14.6. The number of rotatable bonds is 7. The minimum Gasteiger partial charge on any atom is -0.453 e. The first-order valence-corrected chi connectivity index (χ1v) is 20.0. The van der Waals surface area contributed by atoms with E-state index in [4.69, 9.17) is 19.4 Å². The molecule has 3 aromatic carbocycles. The fraction of sp³-hybridized carbons (Fsp3) is 0.477. The van der Waals surface area contributed by atoms with Crippen LogP contribution in [0, 0.1) is 17.8 Å². The molecule has 12 nitrogen and oxygen atoms in total. The Labute approximate surface area is 327 Å². The number of ether oxygens (including phenoxy) is 2. The van der Waals surface area contributed by atoms with Crippen LogP contribution in [0.2, 0.25) is 0 Å². The van der Waals surface area contributed by atoms with Gasteiger partial charge in [-0.05, 0) is 110 Å². The van der Waals surface area contributed by atoms with Gasteiger partial charge in [0.25, 0.3) is 0 Å². The van der Waals surface area contributed by atoms with E-state index in [0.29, 0.717) is 18.4 Å². The second-order valence-corrected chi connectivity index (χ2v) is 17.4. The maximum atomic E-state index is 14.2. The van der Waals surface area contributed by atoms with Gasteiger partial charge in [-0.1, -0.05) is 57.5 Å². The summed E-state index contributed by atoms with van der Waals surface area (Å²) in [6.45, 7) is 12.3. The van der Waals surface area contributed by atoms with Gasteiger partial charge in [-0.15, -0.1) is 0 Å². The highest BCUT2D eigenvalue weighted by Crippen LogP contribution is 2.48. The third kappa shape index (κ3) is 7.21. The standard InChI is InChI=1S/C44H53N7O5/c1-24(2)38(49-42(53)55-7)41(52)51-35-10-8-9-31(35)21-37(51)40-46-32-16-15-29(20-33(32)47-40)27-11-12-28-19-30(14-13-26(28)18-27)34-22-45-39(48-34)36-17-25(3)23-50(36)43(54)56-44(4,5)6/h11-16,18-20,22,24-25,31,35-38H,8-10,17,21,23H2,1-7H3,(H,45,48)(H,46,47)(H,49,53)/t25-,31-,35-,36-,37-,38-/m0/s1. The number of imidazole rings is 2. The Morgan fingerprint density at radius 2 is 1.61 bits per heavy atom. The molecule has 4 heterocycles. The Balaban J connectivity index is 1.02. The molecule has 2 aromatic heterocycles. The third-order valence-corrected chi connectivity index (χ3v) is 11.8. The van der Waals surface area contributed by atoms with Crippen LogP contribution in [0.3, 0.4) is 0 Å². The SMILES string of the molecule is COC(=O)N[C@H](C(=O)N1[C@H](c2nc3ccc(-c4ccc5cc(-c6cnc([C@@H]7C[C@H](C)CN7C(=O)OC(C)(C)C)[nH]6)ccc5c4)cc3[nH]2)C[C@@H]2CCC[C@@H]21)C(C)C. The number of carbonyl (C=O) groups excluding carboxylic acids is 3. The van der Waals surface area contributed by atoms with Crippen LogP contribution in [0.15, 0.2) is 60.8 Å². The molecule has 0 bridgehead atoms. The summed E-state index contributed by atoms with van der Waals surface area (Å²) in [6.07, 6.45) is 5.77. The molecule has 5 aromatic rings. The van der Waals surface area contributed by atoms with Crippen molar-refractivity contribution in [2.75, 3.05) is 13.7 Å². The van der Waals surface area contributed by atoms with Gasteiger partial charge in [0.15, 0.2) is 0 Å². The molecular weight excluding hydrogens is 707 g/mol. The number of likely N-dealkylation sites (tertiary alicyclic amines) is 2. The zero-order valence-electron chi connectivity index (χ0n) is 33.4. The van der Waals surface area contributed by atoms with Gasteiger partial charge in [0.1, 0.15) is 23.3 Å². The summed E-state index contributed by atoms with van der Waals surface area (Å²) in [7, 11) is 1.32. The molecule has 1 aliphatic carbocycles. The summed E-state index contributed by atoms with van der Waals surface area (Å²) >= 11 is 0. The highest BCUT2D eigenvalue weighted by atomic mass is 16.6. The zero-order valence-corrected chi connectivity index (χ0v) is 33.4. The third-order valence-electron chi connectivity index (χ3n) is 11.8. The first-order chi connectivity index (χ1) is 26.8. The van der Waals surface area contributed by atoms with E-state index in [1.54, 1.807) is 4.90 Å². The number of hydrogen-bond acceptors (Lipinski definition) is 7. The summed E-state index contributed by atoms with van der Waals surface area (Å²) < 4.78 is 10.6. The quantitative estimate of drug-likeness (QED) is 0.150. The van der Waals surface area contributed by atoms with E-state index in [-0.39, 0.29) is 36.0 Å². The van der Waals surface area contributed by atoms with Crippen LogP contribution < -0.4 is 5.32 Å². The predicted molar refractivity (Wildman–Crippen MR) is 216 cm³/mol. The van der Waals surface area contributed by atoms with Crippen molar-refractivity contribution in [2.24, 2.45) is 17.8 Å². The number of methoxy groups -OCH3 is 1. The number of nitrogens with zero attached hydrogens (tertiary/aromatic N) is 4. The van der Waals surface area contributed by atoms with Gasteiger partial charge in [0, 0.05) is 18.2 Å². The lowest BCUT2D eigenvalue weighted by Crippen LogP contribution is -2.53. The number of amides is 3. The van der Waals surface area contributed by atoms with Crippen LogP contribution in [0.4, 0.5) is 9.59 Å². The van der Waals surface area contributed by atoms with Crippen LogP contribution >= 0.6 is 0 Å². The number of aromatic amines is 2.